The zero-order valence-corrected chi connectivity index (χ0v) is 14.0. The molecule has 0 aliphatic heterocycles. The molecule has 2 amide bonds. The molecule has 2 aromatic carbocycles. The van der Waals surface area contributed by atoms with Crippen molar-refractivity contribution in [2.24, 2.45) is 5.73 Å². The molecule has 0 aromatic heterocycles. The predicted octanol–water partition coefficient (Wildman–Crippen LogP) is 2.37. The van der Waals surface area contributed by atoms with Crippen LogP contribution in [0, 0.1) is 0 Å². The first-order valence-corrected chi connectivity index (χ1v) is 8.22. The molecule has 2 aromatic rings. The van der Waals surface area contributed by atoms with E-state index in [1.165, 1.54) is 23.6 Å². The molecule has 0 bridgehead atoms. The number of rotatable bonds is 8. The molecule has 0 spiro atoms. The van der Waals surface area contributed by atoms with Crippen LogP contribution in [0.5, 0.6) is 0 Å². The molecule has 0 unspecified atom stereocenters. The van der Waals surface area contributed by atoms with E-state index in [1.807, 2.05) is 24.3 Å². The number of benzene rings is 2. The summed E-state index contributed by atoms with van der Waals surface area (Å²) in [5.41, 5.74) is 10.1. The SMILES string of the molecule is CC(=O)NCCc1ccccc1Cc1ccccc1CCC(N)=O. The summed E-state index contributed by atoms with van der Waals surface area (Å²) in [4.78, 5) is 22.1. The molecule has 3 N–H and O–H groups in total. The fourth-order valence-corrected chi connectivity index (χ4v) is 2.78. The Hall–Kier alpha value is -2.62. The number of hydrogen-bond acceptors (Lipinski definition) is 2. The summed E-state index contributed by atoms with van der Waals surface area (Å²) in [6, 6.07) is 16.4. The molecular weight excluding hydrogens is 300 g/mol. The van der Waals surface area contributed by atoms with Crippen molar-refractivity contribution in [2.75, 3.05) is 6.54 Å². The highest BCUT2D eigenvalue weighted by Crippen LogP contribution is 2.19. The van der Waals surface area contributed by atoms with E-state index < -0.39 is 0 Å². The van der Waals surface area contributed by atoms with Crippen LogP contribution < -0.4 is 11.1 Å². The van der Waals surface area contributed by atoms with Crippen molar-refractivity contribution in [3.05, 3.63) is 70.8 Å². The van der Waals surface area contributed by atoms with Crippen LogP contribution in [0.4, 0.5) is 0 Å². The number of carbonyl (C=O) groups excluding carboxylic acids is 2. The molecule has 0 radical (unpaired) electrons. The van der Waals surface area contributed by atoms with E-state index in [9.17, 15) is 9.59 Å². The number of nitrogens with one attached hydrogen (secondary N) is 1. The first kappa shape index (κ1) is 17.7. The van der Waals surface area contributed by atoms with E-state index in [0.29, 0.717) is 19.4 Å². The van der Waals surface area contributed by atoms with Crippen molar-refractivity contribution in [3.63, 3.8) is 0 Å². The number of hydrogen-bond donors (Lipinski definition) is 2. The fraction of sp³-hybridized carbons (Fsp3) is 0.300. The standard InChI is InChI=1S/C20H24N2O2/c1-15(23)22-13-12-17-7-3-5-9-19(17)14-18-8-4-2-6-16(18)10-11-20(21)24/h2-9H,10-14H2,1H3,(H2,21,24)(H,22,23). The lowest BCUT2D eigenvalue weighted by Crippen LogP contribution is -2.22. The van der Waals surface area contributed by atoms with Crippen LogP contribution in [0.2, 0.25) is 0 Å². The smallest absolute Gasteiger partial charge is 0.217 e. The maximum Gasteiger partial charge on any atom is 0.217 e. The molecule has 2 rings (SSSR count). The van der Waals surface area contributed by atoms with Gasteiger partial charge in [-0.1, -0.05) is 48.5 Å². The Morgan fingerprint density at radius 2 is 1.38 bits per heavy atom. The van der Waals surface area contributed by atoms with E-state index in [1.54, 1.807) is 0 Å². The lowest BCUT2D eigenvalue weighted by atomic mass is 9.93. The Labute approximate surface area is 143 Å². The summed E-state index contributed by atoms with van der Waals surface area (Å²) >= 11 is 0. The van der Waals surface area contributed by atoms with Crippen molar-refractivity contribution in [1.29, 1.82) is 0 Å². The molecule has 4 nitrogen and oxygen atoms in total. The molecule has 0 atom stereocenters. The van der Waals surface area contributed by atoms with Gasteiger partial charge >= 0.3 is 0 Å². The quantitative estimate of drug-likeness (QED) is 0.782. The van der Waals surface area contributed by atoms with Crippen LogP contribution in [0.1, 0.15) is 35.6 Å². The van der Waals surface area contributed by atoms with Crippen LogP contribution in [-0.2, 0) is 28.9 Å². The number of primary amides is 1. The summed E-state index contributed by atoms with van der Waals surface area (Å²) < 4.78 is 0. The topological polar surface area (TPSA) is 72.2 Å². The van der Waals surface area contributed by atoms with Crippen molar-refractivity contribution >= 4 is 11.8 Å². The minimum Gasteiger partial charge on any atom is -0.370 e. The number of carbonyl (C=O) groups is 2. The van der Waals surface area contributed by atoms with Crippen LogP contribution in [0.25, 0.3) is 0 Å². The lowest BCUT2D eigenvalue weighted by Gasteiger charge is -2.13. The van der Waals surface area contributed by atoms with Gasteiger partial charge in [-0.2, -0.15) is 0 Å². The zero-order chi connectivity index (χ0) is 17.4. The third kappa shape index (κ3) is 5.54. The monoisotopic (exact) mass is 324 g/mol. The molecule has 0 saturated carbocycles. The Kier molecular flexibility index (Phi) is 6.55. The first-order valence-electron chi connectivity index (χ1n) is 8.22. The van der Waals surface area contributed by atoms with E-state index in [2.05, 4.69) is 29.6 Å². The van der Waals surface area contributed by atoms with Crippen molar-refractivity contribution in [1.82, 2.24) is 5.32 Å². The first-order chi connectivity index (χ1) is 11.6. The molecule has 126 valence electrons. The summed E-state index contributed by atoms with van der Waals surface area (Å²) in [6.45, 7) is 2.16. The second-order valence-electron chi connectivity index (χ2n) is 5.91. The highest BCUT2D eigenvalue weighted by molar-refractivity contribution is 5.74. The maximum absolute atomic E-state index is 11.1. The van der Waals surface area contributed by atoms with E-state index in [0.717, 1.165) is 18.4 Å². The largest absolute Gasteiger partial charge is 0.370 e. The lowest BCUT2D eigenvalue weighted by molar-refractivity contribution is -0.119. The van der Waals surface area contributed by atoms with Gasteiger partial charge in [-0.05, 0) is 41.5 Å². The Morgan fingerprint density at radius 3 is 1.88 bits per heavy atom. The van der Waals surface area contributed by atoms with Crippen molar-refractivity contribution < 1.29 is 9.59 Å². The second-order valence-corrected chi connectivity index (χ2v) is 5.91. The molecule has 0 saturated heterocycles. The fourth-order valence-electron chi connectivity index (χ4n) is 2.78. The van der Waals surface area contributed by atoms with Crippen molar-refractivity contribution in [3.8, 4) is 0 Å². The van der Waals surface area contributed by atoms with Gasteiger partial charge in [0.2, 0.25) is 11.8 Å². The van der Waals surface area contributed by atoms with Crippen LogP contribution in [-0.4, -0.2) is 18.4 Å². The molecular formula is C20H24N2O2. The van der Waals surface area contributed by atoms with E-state index >= 15 is 0 Å². The summed E-state index contributed by atoms with van der Waals surface area (Å²) in [7, 11) is 0. The number of aryl methyl sites for hydroxylation is 1. The van der Waals surface area contributed by atoms with Crippen LogP contribution in [0.15, 0.2) is 48.5 Å². The molecule has 4 heteroatoms. The average molecular weight is 324 g/mol. The van der Waals surface area contributed by atoms with Gasteiger partial charge < -0.3 is 11.1 Å². The molecule has 0 aliphatic carbocycles. The third-order valence-electron chi connectivity index (χ3n) is 4.03. The molecule has 0 heterocycles. The van der Waals surface area contributed by atoms with Gasteiger partial charge in [0.25, 0.3) is 0 Å². The Bertz CT molecular complexity index is 710. The van der Waals surface area contributed by atoms with Gasteiger partial charge in [0.15, 0.2) is 0 Å². The average Bonchev–Trinajstić information content (AvgIpc) is 2.55. The highest BCUT2D eigenvalue weighted by Gasteiger charge is 2.08. The van der Waals surface area contributed by atoms with Gasteiger partial charge in [-0.15, -0.1) is 0 Å². The second kappa shape index (κ2) is 8.87. The molecule has 0 aliphatic rings. The number of nitrogens with two attached hydrogens (primary N) is 1. The third-order valence-corrected chi connectivity index (χ3v) is 4.03. The van der Waals surface area contributed by atoms with Gasteiger partial charge in [0.1, 0.15) is 0 Å². The molecule has 24 heavy (non-hydrogen) atoms. The number of amides is 2. The van der Waals surface area contributed by atoms with E-state index in [4.69, 9.17) is 5.73 Å². The summed E-state index contributed by atoms with van der Waals surface area (Å²) in [5, 5.41) is 2.84. The van der Waals surface area contributed by atoms with Crippen LogP contribution in [0.3, 0.4) is 0 Å². The van der Waals surface area contributed by atoms with Gasteiger partial charge in [-0.3, -0.25) is 9.59 Å². The van der Waals surface area contributed by atoms with Crippen LogP contribution >= 0.6 is 0 Å². The Balaban J connectivity index is 2.13. The van der Waals surface area contributed by atoms with Gasteiger partial charge in [-0.25, -0.2) is 0 Å². The zero-order valence-electron chi connectivity index (χ0n) is 14.0. The minimum atomic E-state index is -0.277. The Morgan fingerprint density at radius 1 is 0.875 bits per heavy atom. The van der Waals surface area contributed by atoms with Gasteiger partial charge in [0.05, 0.1) is 0 Å². The summed E-state index contributed by atoms with van der Waals surface area (Å²) in [5.74, 6) is -0.287. The van der Waals surface area contributed by atoms with Gasteiger partial charge in [0, 0.05) is 19.9 Å². The van der Waals surface area contributed by atoms with Crippen molar-refractivity contribution in [2.45, 2.75) is 32.6 Å². The normalized spacial score (nSPS) is 10.4. The maximum atomic E-state index is 11.1. The predicted molar refractivity (Wildman–Crippen MR) is 95.6 cm³/mol. The summed E-state index contributed by atoms with van der Waals surface area (Å²) in [6.07, 6.45) is 2.64. The van der Waals surface area contributed by atoms with E-state index in [-0.39, 0.29) is 11.8 Å². The minimum absolute atomic E-state index is 0.00993. The highest BCUT2D eigenvalue weighted by atomic mass is 16.1. The molecule has 0 fully saturated rings.